The van der Waals surface area contributed by atoms with Gasteiger partial charge in [0.2, 0.25) is 0 Å². The topological polar surface area (TPSA) is 53.0 Å². The Balaban J connectivity index is 1.41. The molecule has 5 nitrogen and oxygen atoms in total. The molecule has 1 atom stereocenters. The molecule has 0 aromatic heterocycles. The second-order valence-corrected chi connectivity index (χ2v) is 6.21. The molecule has 1 N–H and O–H groups in total. The zero-order chi connectivity index (χ0) is 17.5. The number of β-amino-alcohol motifs (C(OH)–C–C–N with tert-alkyl or cyclic N) is 1. The fourth-order valence-corrected chi connectivity index (χ4v) is 2.96. The van der Waals surface area contributed by atoms with E-state index in [0.717, 1.165) is 18.7 Å². The SMILES string of the molecule is O=C(COc1ccccc1)N1CCN(C[C@H](O)c2ccccc2)CC1. The van der Waals surface area contributed by atoms with Gasteiger partial charge in [-0.3, -0.25) is 9.69 Å². The maximum Gasteiger partial charge on any atom is 0.260 e. The third-order valence-corrected chi connectivity index (χ3v) is 4.45. The predicted octanol–water partition coefficient (Wildman–Crippen LogP) is 1.94. The lowest BCUT2D eigenvalue weighted by molar-refractivity contribution is -0.135. The Morgan fingerprint density at radius 3 is 2.20 bits per heavy atom. The zero-order valence-corrected chi connectivity index (χ0v) is 14.3. The molecule has 132 valence electrons. The number of benzene rings is 2. The number of para-hydroxylation sites is 1. The van der Waals surface area contributed by atoms with Crippen molar-refractivity contribution in [2.45, 2.75) is 6.10 Å². The number of ether oxygens (including phenoxy) is 1. The molecule has 0 aliphatic carbocycles. The van der Waals surface area contributed by atoms with Crippen molar-refractivity contribution in [2.24, 2.45) is 0 Å². The number of carbonyl (C=O) groups is 1. The van der Waals surface area contributed by atoms with E-state index in [9.17, 15) is 9.90 Å². The fraction of sp³-hybridized carbons (Fsp3) is 0.350. The van der Waals surface area contributed by atoms with Crippen LogP contribution in [0.4, 0.5) is 0 Å². The highest BCUT2D eigenvalue weighted by Gasteiger charge is 2.23. The first-order valence-corrected chi connectivity index (χ1v) is 8.63. The van der Waals surface area contributed by atoms with Gasteiger partial charge in [0.25, 0.3) is 5.91 Å². The van der Waals surface area contributed by atoms with Crippen molar-refractivity contribution >= 4 is 5.91 Å². The molecule has 1 amide bonds. The van der Waals surface area contributed by atoms with E-state index in [2.05, 4.69) is 4.90 Å². The van der Waals surface area contributed by atoms with Crippen LogP contribution in [0.1, 0.15) is 11.7 Å². The highest BCUT2D eigenvalue weighted by molar-refractivity contribution is 5.77. The first-order chi connectivity index (χ1) is 12.2. The first-order valence-electron chi connectivity index (χ1n) is 8.63. The van der Waals surface area contributed by atoms with E-state index >= 15 is 0 Å². The number of rotatable bonds is 6. The van der Waals surface area contributed by atoms with E-state index in [4.69, 9.17) is 4.74 Å². The number of hydrogen-bond acceptors (Lipinski definition) is 4. The molecule has 1 saturated heterocycles. The minimum atomic E-state index is -0.495. The van der Waals surface area contributed by atoms with E-state index < -0.39 is 6.10 Å². The minimum absolute atomic E-state index is 0.00658. The number of nitrogens with zero attached hydrogens (tertiary/aromatic N) is 2. The van der Waals surface area contributed by atoms with Gasteiger partial charge in [-0.05, 0) is 17.7 Å². The van der Waals surface area contributed by atoms with Crippen LogP contribution in [0.5, 0.6) is 5.75 Å². The summed E-state index contributed by atoms with van der Waals surface area (Å²) in [6.07, 6.45) is -0.495. The number of hydrogen-bond donors (Lipinski definition) is 1. The van der Waals surface area contributed by atoms with Crippen molar-refractivity contribution in [3.8, 4) is 5.75 Å². The third kappa shape index (κ3) is 5.05. The van der Waals surface area contributed by atoms with Crippen molar-refractivity contribution in [2.75, 3.05) is 39.3 Å². The predicted molar refractivity (Wildman–Crippen MR) is 96.4 cm³/mol. The van der Waals surface area contributed by atoms with Gasteiger partial charge in [-0.1, -0.05) is 48.5 Å². The lowest BCUT2D eigenvalue weighted by Gasteiger charge is -2.35. The average molecular weight is 340 g/mol. The van der Waals surface area contributed by atoms with Gasteiger partial charge >= 0.3 is 0 Å². The van der Waals surface area contributed by atoms with Gasteiger partial charge in [0.1, 0.15) is 5.75 Å². The van der Waals surface area contributed by atoms with Crippen LogP contribution in [0.15, 0.2) is 60.7 Å². The summed E-state index contributed by atoms with van der Waals surface area (Å²) >= 11 is 0. The summed E-state index contributed by atoms with van der Waals surface area (Å²) in [5.74, 6) is 0.715. The molecular weight excluding hydrogens is 316 g/mol. The number of amides is 1. The molecule has 1 fully saturated rings. The van der Waals surface area contributed by atoms with Crippen LogP contribution in [0, 0.1) is 0 Å². The van der Waals surface area contributed by atoms with Gasteiger partial charge in [-0.25, -0.2) is 0 Å². The van der Waals surface area contributed by atoms with Gasteiger partial charge in [-0.15, -0.1) is 0 Å². The van der Waals surface area contributed by atoms with Gasteiger partial charge < -0.3 is 14.7 Å². The first kappa shape index (κ1) is 17.5. The average Bonchev–Trinajstić information content (AvgIpc) is 2.68. The molecule has 0 bridgehead atoms. The van der Waals surface area contributed by atoms with Crippen molar-refractivity contribution in [1.82, 2.24) is 9.80 Å². The molecule has 5 heteroatoms. The van der Waals surface area contributed by atoms with E-state index in [1.54, 1.807) is 0 Å². The van der Waals surface area contributed by atoms with Crippen LogP contribution >= 0.6 is 0 Å². The van der Waals surface area contributed by atoms with Gasteiger partial charge in [0.15, 0.2) is 6.61 Å². The van der Waals surface area contributed by atoms with E-state index in [1.807, 2.05) is 65.6 Å². The van der Waals surface area contributed by atoms with E-state index in [-0.39, 0.29) is 12.5 Å². The van der Waals surface area contributed by atoms with Gasteiger partial charge in [0.05, 0.1) is 6.10 Å². The second kappa shape index (κ2) is 8.65. The Morgan fingerprint density at radius 1 is 0.960 bits per heavy atom. The van der Waals surface area contributed by atoms with Crippen molar-refractivity contribution in [3.05, 3.63) is 66.2 Å². The Kier molecular flexibility index (Phi) is 6.04. The summed E-state index contributed by atoms with van der Waals surface area (Å²) in [5, 5.41) is 10.3. The molecule has 1 heterocycles. The summed E-state index contributed by atoms with van der Waals surface area (Å²) in [6.45, 7) is 3.52. The second-order valence-electron chi connectivity index (χ2n) is 6.21. The number of piperazine rings is 1. The smallest absolute Gasteiger partial charge is 0.260 e. The quantitative estimate of drug-likeness (QED) is 0.873. The molecule has 0 unspecified atom stereocenters. The fourth-order valence-electron chi connectivity index (χ4n) is 2.96. The Hall–Kier alpha value is -2.37. The maximum atomic E-state index is 12.3. The molecule has 0 radical (unpaired) electrons. The Labute approximate surface area is 148 Å². The maximum absolute atomic E-state index is 12.3. The van der Waals surface area contributed by atoms with Crippen molar-refractivity contribution in [3.63, 3.8) is 0 Å². The summed E-state index contributed by atoms with van der Waals surface area (Å²) < 4.78 is 5.53. The normalized spacial score (nSPS) is 16.4. The van der Waals surface area contributed by atoms with Crippen molar-refractivity contribution < 1.29 is 14.6 Å². The van der Waals surface area contributed by atoms with Crippen LogP contribution in [0.25, 0.3) is 0 Å². The highest BCUT2D eigenvalue weighted by Crippen LogP contribution is 2.15. The monoisotopic (exact) mass is 340 g/mol. The van der Waals surface area contributed by atoms with Crippen LogP contribution in [0.2, 0.25) is 0 Å². The van der Waals surface area contributed by atoms with Gasteiger partial charge in [0, 0.05) is 32.7 Å². The number of aliphatic hydroxyl groups is 1. The summed E-state index contributed by atoms with van der Waals surface area (Å²) in [6, 6.07) is 19.1. The number of aliphatic hydroxyl groups excluding tert-OH is 1. The molecule has 3 rings (SSSR count). The molecule has 1 aliphatic rings. The van der Waals surface area contributed by atoms with Crippen LogP contribution < -0.4 is 4.74 Å². The Bertz CT molecular complexity index is 655. The third-order valence-electron chi connectivity index (χ3n) is 4.45. The summed E-state index contributed by atoms with van der Waals surface area (Å²) in [7, 11) is 0. The zero-order valence-electron chi connectivity index (χ0n) is 14.3. The van der Waals surface area contributed by atoms with E-state index in [0.29, 0.717) is 25.4 Å². The molecule has 2 aromatic rings. The lowest BCUT2D eigenvalue weighted by atomic mass is 10.1. The van der Waals surface area contributed by atoms with E-state index in [1.165, 1.54) is 0 Å². The van der Waals surface area contributed by atoms with Crippen LogP contribution in [-0.2, 0) is 4.79 Å². The molecule has 25 heavy (non-hydrogen) atoms. The molecule has 0 spiro atoms. The lowest BCUT2D eigenvalue weighted by Crippen LogP contribution is -2.50. The summed E-state index contributed by atoms with van der Waals surface area (Å²) in [5.41, 5.74) is 0.928. The van der Waals surface area contributed by atoms with Crippen LogP contribution in [0.3, 0.4) is 0 Å². The molecule has 1 aliphatic heterocycles. The summed E-state index contributed by atoms with van der Waals surface area (Å²) in [4.78, 5) is 16.3. The highest BCUT2D eigenvalue weighted by atomic mass is 16.5. The van der Waals surface area contributed by atoms with Crippen LogP contribution in [-0.4, -0.2) is 60.1 Å². The van der Waals surface area contributed by atoms with Gasteiger partial charge in [-0.2, -0.15) is 0 Å². The Morgan fingerprint density at radius 2 is 1.56 bits per heavy atom. The molecular formula is C20H24N2O3. The number of carbonyl (C=O) groups excluding carboxylic acids is 1. The minimum Gasteiger partial charge on any atom is -0.484 e. The standard InChI is InChI=1S/C20H24N2O3/c23-19(17-7-3-1-4-8-17)15-21-11-13-22(14-12-21)20(24)16-25-18-9-5-2-6-10-18/h1-10,19,23H,11-16H2/t19-/m0/s1. The molecule has 2 aromatic carbocycles. The van der Waals surface area contributed by atoms with Crippen molar-refractivity contribution in [1.29, 1.82) is 0 Å². The molecule has 0 saturated carbocycles. The largest absolute Gasteiger partial charge is 0.484 e.